The molecule has 0 aliphatic heterocycles. The maximum atomic E-state index is 11.6. The van der Waals surface area contributed by atoms with Crippen molar-refractivity contribution >= 4 is 39.2 Å². The molecule has 0 aliphatic rings. The van der Waals surface area contributed by atoms with Crippen LogP contribution in [0, 0.1) is 6.92 Å². The number of hydrogen-bond acceptors (Lipinski definition) is 2. The first-order valence-corrected chi connectivity index (χ1v) is 4.62. The summed E-state index contributed by atoms with van der Waals surface area (Å²) in [6.07, 6.45) is 0. The normalized spacial score (nSPS) is 9.86. The van der Waals surface area contributed by atoms with E-state index in [1.165, 1.54) is 0 Å². The Balaban J connectivity index is 0.000000980. The molecule has 5 heteroatoms. The highest BCUT2D eigenvalue weighted by Gasteiger charge is 2.02. The summed E-state index contributed by atoms with van der Waals surface area (Å²) in [5.74, 6) is 0. The average Bonchev–Trinajstić information content (AvgIpc) is 2.12. The smallest absolute Gasteiger partial charge is 0.210 e. The minimum atomic E-state index is -0.0185. The molecule has 0 spiro atoms. The molecule has 0 atom stereocenters. The first-order valence-electron chi connectivity index (χ1n) is 3.83. The van der Waals surface area contributed by atoms with E-state index in [-0.39, 0.29) is 17.8 Å². The number of hydrogen-bond donors (Lipinski definition) is 1. The molecule has 0 bridgehead atoms. The molecule has 1 N–H and O–H groups in total. The maximum Gasteiger partial charge on any atom is 0.210 e. The highest BCUT2D eigenvalue weighted by Crippen LogP contribution is 2.14. The number of aromatic nitrogens is 2. The number of nitrogens with one attached hydrogen (secondary N) is 1. The Morgan fingerprint density at radius 3 is 2.86 bits per heavy atom. The van der Waals surface area contributed by atoms with Crippen LogP contribution >= 0.6 is 28.3 Å². The van der Waals surface area contributed by atoms with E-state index in [0.717, 1.165) is 9.99 Å². The zero-order valence-corrected chi connectivity index (χ0v) is 9.78. The molecule has 0 saturated carbocycles. The lowest BCUT2D eigenvalue weighted by molar-refractivity contribution is 1.00. The summed E-state index contributed by atoms with van der Waals surface area (Å²) >= 11 is 3.32. The molecule has 0 radical (unpaired) electrons. The first kappa shape index (κ1) is 11.2. The lowest BCUT2D eigenvalue weighted by Crippen LogP contribution is -2.09. The third kappa shape index (κ3) is 1.81. The second kappa shape index (κ2) is 4.11. The number of rotatable bonds is 0. The Bertz CT molecular complexity index is 518. The fourth-order valence-corrected chi connectivity index (χ4v) is 1.55. The standard InChI is InChI=1S/C9H7BrN2O.ClH/c1-5-9(13)7-4-6(10)2-3-8(7)12-11-5;/h2-4H,1H3,(H,12,13);1H. The van der Waals surface area contributed by atoms with Crippen molar-refractivity contribution in [3.63, 3.8) is 0 Å². The molecule has 2 rings (SSSR count). The van der Waals surface area contributed by atoms with Crippen LogP contribution in [0.5, 0.6) is 0 Å². The molecule has 3 nitrogen and oxygen atoms in total. The van der Waals surface area contributed by atoms with Gasteiger partial charge < -0.3 is 0 Å². The van der Waals surface area contributed by atoms with E-state index >= 15 is 0 Å². The SMILES string of the molecule is Cc1n[nH]c2ccc(Br)cc2c1=O.Cl. The van der Waals surface area contributed by atoms with Gasteiger partial charge >= 0.3 is 0 Å². The Kier molecular flexibility index (Phi) is 3.29. The van der Waals surface area contributed by atoms with E-state index in [1.807, 2.05) is 12.1 Å². The lowest BCUT2D eigenvalue weighted by atomic mass is 10.2. The molecule has 2 aromatic rings. The summed E-state index contributed by atoms with van der Waals surface area (Å²) < 4.78 is 0.899. The molecular weight excluding hydrogens is 267 g/mol. The number of fused-ring (bicyclic) bond motifs is 1. The molecule has 74 valence electrons. The largest absolute Gasteiger partial charge is 0.287 e. The van der Waals surface area contributed by atoms with Gasteiger partial charge in [-0.05, 0) is 25.1 Å². The predicted molar refractivity (Wildman–Crippen MR) is 62.0 cm³/mol. The van der Waals surface area contributed by atoms with E-state index in [1.54, 1.807) is 13.0 Å². The van der Waals surface area contributed by atoms with Crippen molar-refractivity contribution < 1.29 is 0 Å². The highest BCUT2D eigenvalue weighted by atomic mass is 79.9. The summed E-state index contributed by atoms with van der Waals surface area (Å²) in [6.45, 7) is 1.69. The number of aryl methyl sites for hydroxylation is 1. The van der Waals surface area contributed by atoms with Crippen molar-refractivity contribution in [2.75, 3.05) is 0 Å². The van der Waals surface area contributed by atoms with Crippen LogP contribution in [0.15, 0.2) is 27.5 Å². The van der Waals surface area contributed by atoms with E-state index in [0.29, 0.717) is 11.1 Å². The number of benzene rings is 1. The second-order valence-electron chi connectivity index (χ2n) is 2.83. The molecular formula is C9H8BrClN2O. The van der Waals surface area contributed by atoms with Gasteiger partial charge in [0.1, 0.15) is 5.69 Å². The van der Waals surface area contributed by atoms with Gasteiger partial charge in [0.2, 0.25) is 5.43 Å². The van der Waals surface area contributed by atoms with Gasteiger partial charge in [-0.15, -0.1) is 12.4 Å². The van der Waals surface area contributed by atoms with E-state index in [9.17, 15) is 4.79 Å². The Morgan fingerprint density at radius 1 is 1.43 bits per heavy atom. The highest BCUT2D eigenvalue weighted by molar-refractivity contribution is 9.10. The molecule has 14 heavy (non-hydrogen) atoms. The summed E-state index contributed by atoms with van der Waals surface area (Å²) in [7, 11) is 0. The van der Waals surface area contributed by atoms with Crippen LogP contribution in [0.25, 0.3) is 10.9 Å². The van der Waals surface area contributed by atoms with E-state index < -0.39 is 0 Å². The van der Waals surface area contributed by atoms with E-state index in [4.69, 9.17) is 0 Å². The van der Waals surface area contributed by atoms with Crippen molar-refractivity contribution in [2.24, 2.45) is 0 Å². The Hall–Kier alpha value is -0.870. The summed E-state index contributed by atoms with van der Waals surface area (Å²) in [5.41, 5.74) is 1.24. The molecule has 0 unspecified atom stereocenters. The second-order valence-corrected chi connectivity index (χ2v) is 3.74. The van der Waals surface area contributed by atoms with Gasteiger partial charge in [0, 0.05) is 4.47 Å². The molecule has 0 fully saturated rings. The van der Waals surface area contributed by atoms with Gasteiger partial charge in [0.25, 0.3) is 0 Å². The Morgan fingerprint density at radius 2 is 2.14 bits per heavy atom. The molecule has 0 amide bonds. The van der Waals surface area contributed by atoms with Crippen molar-refractivity contribution in [3.8, 4) is 0 Å². The summed E-state index contributed by atoms with van der Waals surface area (Å²) in [4.78, 5) is 11.6. The monoisotopic (exact) mass is 274 g/mol. The topological polar surface area (TPSA) is 45.8 Å². The zero-order chi connectivity index (χ0) is 9.42. The zero-order valence-electron chi connectivity index (χ0n) is 7.37. The number of halogens is 2. The summed E-state index contributed by atoms with van der Waals surface area (Å²) in [6, 6.07) is 5.49. The lowest BCUT2D eigenvalue weighted by Gasteiger charge is -1.98. The first-order chi connectivity index (χ1) is 6.18. The fraction of sp³-hybridized carbons (Fsp3) is 0.111. The maximum absolute atomic E-state index is 11.6. The molecule has 0 aliphatic carbocycles. The van der Waals surface area contributed by atoms with Crippen LogP contribution in [0.4, 0.5) is 0 Å². The van der Waals surface area contributed by atoms with Crippen molar-refractivity contribution in [1.29, 1.82) is 0 Å². The van der Waals surface area contributed by atoms with Gasteiger partial charge in [0.05, 0.1) is 10.9 Å². The van der Waals surface area contributed by atoms with Gasteiger partial charge in [-0.2, -0.15) is 5.10 Å². The van der Waals surface area contributed by atoms with Crippen LogP contribution in [0.3, 0.4) is 0 Å². The molecule has 1 aromatic heterocycles. The van der Waals surface area contributed by atoms with Crippen molar-refractivity contribution in [2.45, 2.75) is 6.92 Å². The third-order valence-corrected chi connectivity index (χ3v) is 2.39. The van der Waals surface area contributed by atoms with Gasteiger partial charge in [0.15, 0.2) is 0 Å². The van der Waals surface area contributed by atoms with Crippen LogP contribution in [-0.4, -0.2) is 10.2 Å². The number of nitrogens with zero attached hydrogens (tertiary/aromatic N) is 1. The third-order valence-electron chi connectivity index (χ3n) is 1.90. The van der Waals surface area contributed by atoms with Crippen LogP contribution in [-0.2, 0) is 0 Å². The number of aromatic amines is 1. The quantitative estimate of drug-likeness (QED) is 0.802. The summed E-state index contributed by atoms with van der Waals surface area (Å²) in [5, 5.41) is 7.37. The van der Waals surface area contributed by atoms with Gasteiger partial charge in [-0.25, -0.2) is 0 Å². The molecule has 1 heterocycles. The Labute approximate surface area is 95.1 Å². The van der Waals surface area contributed by atoms with Crippen LogP contribution in [0.1, 0.15) is 5.69 Å². The van der Waals surface area contributed by atoms with Gasteiger partial charge in [-0.1, -0.05) is 15.9 Å². The minimum Gasteiger partial charge on any atom is -0.287 e. The van der Waals surface area contributed by atoms with Crippen molar-refractivity contribution in [1.82, 2.24) is 10.2 Å². The number of H-pyrrole nitrogens is 1. The minimum absolute atomic E-state index is 0. The molecule has 0 saturated heterocycles. The van der Waals surface area contributed by atoms with E-state index in [2.05, 4.69) is 26.1 Å². The molecule has 1 aromatic carbocycles. The predicted octanol–water partition coefficient (Wildman–Crippen LogP) is 2.42. The fourth-order valence-electron chi connectivity index (χ4n) is 1.19. The van der Waals surface area contributed by atoms with Crippen LogP contribution < -0.4 is 5.43 Å². The van der Waals surface area contributed by atoms with Crippen molar-refractivity contribution in [3.05, 3.63) is 38.6 Å². The average molecular weight is 276 g/mol. The van der Waals surface area contributed by atoms with Crippen LogP contribution in [0.2, 0.25) is 0 Å². The van der Waals surface area contributed by atoms with Gasteiger partial charge in [-0.3, -0.25) is 9.89 Å².